The van der Waals surface area contributed by atoms with E-state index in [4.69, 9.17) is 0 Å². The van der Waals surface area contributed by atoms with E-state index in [0.717, 1.165) is 38.3 Å². The number of aromatic nitrogens is 2. The maximum atomic E-state index is 13.2. The van der Waals surface area contributed by atoms with Crippen molar-refractivity contribution in [2.24, 2.45) is 0 Å². The van der Waals surface area contributed by atoms with Crippen LogP contribution in [0.25, 0.3) is 0 Å². The van der Waals surface area contributed by atoms with Crippen molar-refractivity contribution in [3.63, 3.8) is 0 Å². The van der Waals surface area contributed by atoms with Crippen LogP contribution in [0.3, 0.4) is 0 Å². The van der Waals surface area contributed by atoms with E-state index in [1.807, 2.05) is 0 Å². The predicted octanol–water partition coefficient (Wildman–Crippen LogP) is 2.25. The number of hydrogen-bond donors (Lipinski definition) is 1. The first-order valence-corrected chi connectivity index (χ1v) is 11.5. The Bertz CT molecular complexity index is 1010. The summed E-state index contributed by atoms with van der Waals surface area (Å²) >= 11 is 0. The Morgan fingerprint density at radius 3 is 2.53 bits per heavy atom. The molecule has 160 valence electrons. The fourth-order valence-electron chi connectivity index (χ4n) is 3.98. The normalized spacial score (nSPS) is 20.3. The van der Waals surface area contributed by atoms with Crippen LogP contribution in [0, 0.1) is 10.1 Å². The van der Waals surface area contributed by atoms with Gasteiger partial charge < -0.3 is 10.2 Å². The van der Waals surface area contributed by atoms with Crippen LogP contribution in [0.4, 0.5) is 17.3 Å². The summed E-state index contributed by atoms with van der Waals surface area (Å²) in [5.74, 6) is 0.637. The molecule has 0 bridgehead atoms. The van der Waals surface area contributed by atoms with Gasteiger partial charge in [-0.25, -0.2) is 18.4 Å². The largest absolute Gasteiger partial charge is 0.379 e. The molecule has 2 aliphatic rings. The van der Waals surface area contributed by atoms with Crippen molar-refractivity contribution in [2.75, 3.05) is 36.4 Å². The summed E-state index contributed by atoms with van der Waals surface area (Å²) < 4.78 is 27.8. The summed E-state index contributed by atoms with van der Waals surface area (Å²) in [6, 6.07) is 5.73. The van der Waals surface area contributed by atoms with Crippen LogP contribution in [0.15, 0.2) is 41.6 Å². The van der Waals surface area contributed by atoms with Gasteiger partial charge in [0.25, 0.3) is 5.69 Å². The van der Waals surface area contributed by atoms with E-state index in [1.54, 1.807) is 18.5 Å². The molecule has 2 aliphatic heterocycles. The second-order valence-corrected chi connectivity index (χ2v) is 9.43. The first kappa shape index (κ1) is 20.5. The fraction of sp³-hybridized carbons (Fsp3) is 0.474. The van der Waals surface area contributed by atoms with E-state index >= 15 is 0 Å². The topological polar surface area (TPSA) is 122 Å². The zero-order valence-corrected chi connectivity index (χ0v) is 17.3. The molecule has 0 saturated carbocycles. The number of non-ortho nitro benzene ring substituents is 1. The van der Waals surface area contributed by atoms with E-state index in [1.165, 1.54) is 16.4 Å². The van der Waals surface area contributed by atoms with Gasteiger partial charge in [0.2, 0.25) is 16.0 Å². The van der Waals surface area contributed by atoms with Gasteiger partial charge in [0, 0.05) is 56.7 Å². The quantitative estimate of drug-likeness (QED) is 0.545. The van der Waals surface area contributed by atoms with Crippen molar-refractivity contribution < 1.29 is 13.3 Å². The number of anilines is 2. The molecule has 1 aromatic carbocycles. The second kappa shape index (κ2) is 8.52. The number of sulfonamides is 1. The van der Waals surface area contributed by atoms with Gasteiger partial charge in [-0.3, -0.25) is 10.1 Å². The molecule has 1 atom stereocenters. The molecule has 1 aromatic heterocycles. The molecule has 30 heavy (non-hydrogen) atoms. The Kier molecular flexibility index (Phi) is 5.82. The first-order valence-electron chi connectivity index (χ1n) is 10.0. The number of nitrogens with one attached hydrogen (secondary N) is 1. The summed E-state index contributed by atoms with van der Waals surface area (Å²) in [6.07, 6.45) is 6.73. The highest BCUT2D eigenvalue weighted by Gasteiger charge is 2.32. The van der Waals surface area contributed by atoms with E-state index in [2.05, 4.69) is 20.2 Å². The number of nitrogens with zero attached hydrogens (tertiary/aromatic N) is 5. The van der Waals surface area contributed by atoms with Gasteiger partial charge in [0.15, 0.2) is 0 Å². The third-order valence-electron chi connectivity index (χ3n) is 5.47. The zero-order valence-electron chi connectivity index (χ0n) is 16.5. The molecule has 0 spiro atoms. The molecule has 0 amide bonds. The summed E-state index contributed by atoms with van der Waals surface area (Å²) in [4.78, 5) is 21.3. The van der Waals surface area contributed by atoms with Crippen LogP contribution in [0.2, 0.25) is 0 Å². The number of rotatable bonds is 6. The summed E-state index contributed by atoms with van der Waals surface area (Å²) in [7, 11) is -3.81. The molecule has 11 heteroatoms. The summed E-state index contributed by atoms with van der Waals surface area (Å²) in [6.45, 7) is 2.31. The third kappa shape index (κ3) is 4.21. The van der Waals surface area contributed by atoms with E-state index in [0.29, 0.717) is 31.3 Å². The smallest absolute Gasteiger partial charge is 0.270 e. The molecule has 10 nitrogen and oxygen atoms in total. The molecule has 4 rings (SSSR count). The lowest BCUT2D eigenvalue weighted by molar-refractivity contribution is -0.385. The van der Waals surface area contributed by atoms with Crippen LogP contribution in [-0.4, -0.2) is 59.8 Å². The van der Waals surface area contributed by atoms with Gasteiger partial charge in [0.05, 0.1) is 10.6 Å². The Hall–Kier alpha value is -2.79. The highest BCUT2D eigenvalue weighted by atomic mass is 32.2. The Labute approximate surface area is 175 Å². The van der Waals surface area contributed by atoms with Gasteiger partial charge in [-0.1, -0.05) is 0 Å². The number of hydrogen-bond acceptors (Lipinski definition) is 8. The maximum Gasteiger partial charge on any atom is 0.270 e. The molecular formula is C19H24N6O4S. The van der Waals surface area contributed by atoms with Crippen molar-refractivity contribution in [1.82, 2.24) is 14.3 Å². The van der Waals surface area contributed by atoms with Gasteiger partial charge in [0.1, 0.15) is 4.90 Å². The minimum Gasteiger partial charge on any atom is -0.379 e. The molecule has 2 aromatic rings. The molecule has 0 unspecified atom stereocenters. The van der Waals surface area contributed by atoms with Crippen LogP contribution in [0.1, 0.15) is 25.7 Å². The summed E-state index contributed by atoms with van der Waals surface area (Å²) in [5, 5.41) is 14.6. The van der Waals surface area contributed by atoms with Crippen LogP contribution < -0.4 is 10.2 Å². The Morgan fingerprint density at radius 1 is 1.10 bits per heavy atom. The van der Waals surface area contributed by atoms with Crippen molar-refractivity contribution in [3.05, 3.63) is 46.8 Å². The molecule has 1 N–H and O–H groups in total. The van der Waals surface area contributed by atoms with Crippen molar-refractivity contribution in [2.45, 2.75) is 36.6 Å². The predicted molar refractivity (Wildman–Crippen MR) is 112 cm³/mol. The molecular weight excluding hydrogens is 408 g/mol. The van der Waals surface area contributed by atoms with Crippen molar-refractivity contribution in [3.8, 4) is 0 Å². The Balaban J connectivity index is 1.61. The van der Waals surface area contributed by atoms with Crippen LogP contribution in [0.5, 0.6) is 0 Å². The van der Waals surface area contributed by atoms with Crippen LogP contribution >= 0.6 is 0 Å². The van der Waals surface area contributed by atoms with E-state index in [-0.39, 0.29) is 16.6 Å². The maximum absolute atomic E-state index is 13.2. The second-order valence-electron chi connectivity index (χ2n) is 7.53. The fourth-order valence-corrected chi connectivity index (χ4v) is 5.67. The minimum absolute atomic E-state index is 0.0310. The van der Waals surface area contributed by atoms with Gasteiger partial charge >= 0.3 is 0 Å². The molecule has 2 fully saturated rings. The third-order valence-corrected chi connectivity index (χ3v) is 7.41. The standard InChI is InChI=1S/C19H24N6O4S/c26-25(27)16-6-7-17(18(13-16)30(28,29)24-11-1-2-12-24)22-15-5-3-10-23(14-15)19-20-8-4-9-21-19/h4,6-9,13,15,22H,1-3,5,10-12,14H2/t15-/m1/s1. The highest BCUT2D eigenvalue weighted by Crippen LogP contribution is 2.32. The number of nitro benzene ring substituents is 1. The average Bonchev–Trinajstić information content (AvgIpc) is 3.30. The monoisotopic (exact) mass is 432 g/mol. The van der Waals surface area contributed by atoms with E-state index < -0.39 is 14.9 Å². The van der Waals surface area contributed by atoms with Crippen molar-refractivity contribution in [1.29, 1.82) is 0 Å². The van der Waals surface area contributed by atoms with Crippen LogP contribution in [-0.2, 0) is 10.0 Å². The Morgan fingerprint density at radius 2 is 1.83 bits per heavy atom. The average molecular weight is 433 g/mol. The number of piperidine rings is 1. The lowest BCUT2D eigenvalue weighted by atomic mass is 10.1. The highest BCUT2D eigenvalue weighted by molar-refractivity contribution is 7.89. The lowest BCUT2D eigenvalue weighted by Crippen LogP contribution is -2.43. The van der Waals surface area contributed by atoms with Crippen molar-refractivity contribution >= 4 is 27.3 Å². The minimum atomic E-state index is -3.81. The SMILES string of the molecule is O=[N+]([O-])c1ccc(N[C@@H]2CCCN(c3ncccn3)C2)c(S(=O)(=O)N2CCCC2)c1. The summed E-state index contributed by atoms with van der Waals surface area (Å²) in [5.41, 5.74) is 0.162. The molecule has 0 aliphatic carbocycles. The van der Waals surface area contributed by atoms with E-state index in [9.17, 15) is 18.5 Å². The lowest BCUT2D eigenvalue weighted by Gasteiger charge is -2.34. The van der Waals surface area contributed by atoms with Gasteiger partial charge in [-0.2, -0.15) is 4.31 Å². The molecule has 2 saturated heterocycles. The first-order chi connectivity index (χ1) is 14.4. The molecule has 0 radical (unpaired) electrons. The number of benzene rings is 1. The number of nitro groups is 1. The van der Waals surface area contributed by atoms with Gasteiger partial charge in [-0.05, 0) is 37.8 Å². The zero-order chi connectivity index (χ0) is 21.1. The van der Waals surface area contributed by atoms with Gasteiger partial charge in [-0.15, -0.1) is 0 Å². The molecule has 3 heterocycles.